The smallest absolute Gasteiger partial charge is 0.310 e. The van der Waals surface area contributed by atoms with Gasteiger partial charge in [0.25, 0.3) is 0 Å². The Morgan fingerprint density at radius 1 is 0.625 bits per heavy atom. The summed E-state index contributed by atoms with van der Waals surface area (Å²) in [6.45, 7) is 2.28. The Hall–Kier alpha value is -1.32. The van der Waals surface area contributed by atoms with Gasteiger partial charge in [-0.25, -0.2) is 0 Å². The number of carboxylic acids is 2. The van der Waals surface area contributed by atoms with Crippen LogP contribution in [0.2, 0.25) is 0 Å². The highest BCUT2D eigenvalue weighted by molar-refractivity contribution is 5.72. The zero-order chi connectivity index (χ0) is 23.7. The predicted molar refractivity (Wildman–Crippen MR) is 135 cm³/mol. The highest BCUT2D eigenvalue weighted by Gasteiger charge is 2.13. The van der Waals surface area contributed by atoms with E-state index in [1.54, 1.807) is 6.08 Å². The molecule has 0 aliphatic rings. The number of allylic oxidation sites excluding steroid dienone is 1. The first kappa shape index (κ1) is 30.7. The summed E-state index contributed by atoms with van der Waals surface area (Å²) >= 11 is 0. The molecule has 1 atom stereocenters. The Labute approximate surface area is 198 Å². The van der Waals surface area contributed by atoms with Gasteiger partial charge in [0, 0.05) is 6.42 Å². The molecule has 0 saturated carbocycles. The molecule has 188 valence electrons. The Kier molecular flexibility index (Phi) is 23.3. The van der Waals surface area contributed by atoms with Crippen molar-refractivity contribution in [2.24, 2.45) is 5.92 Å². The fourth-order valence-corrected chi connectivity index (χ4v) is 4.20. The van der Waals surface area contributed by atoms with E-state index in [4.69, 9.17) is 5.11 Å². The molecule has 0 spiro atoms. The second kappa shape index (κ2) is 24.3. The highest BCUT2D eigenvalue weighted by Crippen LogP contribution is 2.15. The van der Waals surface area contributed by atoms with Crippen LogP contribution in [-0.2, 0) is 9.59 Å². The van der Waals surface area contributed by atoms with E-state index in [9.17, 15) is 14.7 Å². The van der Waals surface area contributed by atoms with Gasteiger partial charge in [-0.1, -0.05) is 128 Å². The van der Waals surface area contributed by atoms with E-state index in [0.29, 0.717) is 12.8 Å². The molecule has 0 aromatic rings. The van der Waals surface area contributed by atoms with E-state index in [0.717, 1.165) is 12.8 Å². The van der Waals surface area contributed by atoms with Gasteiger partial charge < -0.3 is 10.2 Å². The van der Waals surface area contributed by atoms with Crippen molar-refractivity contribution >= 4 is 11.9 Å². The molecule has 2 N–H and O–H groups in total. The van der Waals surface area contributed by atoms with Crippen LogP contribution in [0.25, 0.3) is 0 Å². The third-order valence-corrected chi connectivity index (χ3v) is 6.32. The molecule has 4 heteroatoms. The normalized spacial score (nSPS) is 12.4. The summed E-state index contributed by atoms with van der Waals surface area (Å²) in [5.74, 6) is -2.27. The van der Waals surface area contributed by atoms with Crippen LogP contribution >= 0.6 is 0 Å². The van der Waals surface area contributed by atoms with Gasteiger partial charge in [-0.3, -0.25) is 9.59 Å². The Morgan fingerprint density at radius 3 is 1.41 bits per heavy atom. The van der Waals surface area contributed by atoms with Crippen LogP contribution in [0.3, 0.4) is 0 Å². The lowest BCUT2D eigenvalue weighted by Crippen LogP contribution is -2.11. The maximum atomic E-state index is 11.2. The monoisotopic (exact) mass is 452 g/mol. The lowest BCUT2D eigenvalue weighted by molar-refractivity contribution is -0.141. The van der Waals surface area contributed by atoms with E-state index in [1.165, 1.54) is 109 Å². The molecule has 32 heavy (non-hydrogen) atoms. The molecule has 0 aliphatic carbocycles. The van der Waals surface area contributed by atoms with Crippen LogP contribution in [0.5, 0.6) is 0 Å². The van der Waals surface area contributed by atoms with Gasteiger partial charge in [0.15, 0.2) is 0 Å². The van der Waals surface area contributed by atoms with Crippen LogP contribution in [0.1, 0.15) is 148 Å². The molecule has 0 aromatic heterocycles. The third-order valence-electron chi connectivity index (χ3n) is 6.32. The van der Waals surface area contributed by atoms with Crippen molar-refractivity contribution in [2.75, 3.05) is 0 Å². The summed E-state index contributed by atoms with van der Waals surface area (Å²) in [6, 6.07) is 0. The van der Waals surface area contributed by atoms with E-state index in [2.05, 4.69) is 6.92 Å². The maximum Gasteiger partial charge on any atom is 0.310 e. The predicted octanol–water partition coefficient (Wildman–Crippen LogP) is 8.93. The molecule has 0 amide bonds. The largest absolute Gasteiger partial charge is 0.481 e. The van der Waals surface area contributed by atoms with Gasteiger partial charge >= 0.3 is 11.9 Å². The minimum absolute atomic E-state index is 0.0386. The average molecular weight is 453 g/mol. The van der Waals surface area contributed by atoms with Crippen molar-refractivity contribution in [1.29, 1.82) is 0 Å². The van der Waals surface area contributed by atoms with Crippen LogP contribution in [-0.4, -0.2) is 22.2 Å². The summed E-state index contributed by atoms with van der Waals surface area (Å²) in [5.41, 5.74) is 0. The van der Waals surface area contributed by atoms with Crippen LogP contribution in [0, 0.1) is 5.92 Å². The van der Waals surface area contributed by atoms with Crippen molar-refractivity contribution < 1.29 is 19.8 Å². The zero-order valence-corrected chi connectivity index (χ0v) is 21.0. The number of aliphatic carboxylic acids is 2. The van der Waals surface area contributed by atoms with Crippen molar-refractivity contribution in [3.05, 3.63) is 12.2 Å². The molecule has 0 rings (SSSR count). The molecule has 0 aliphatic heterocycles. The molecule has 0 aromatic carbocycles. The van der Waals surface area contributed by atoms with E-state index >= 15 is 0 Å². The fourth-order valence-electron chi connectivity index (χ4n) is 4.20. The second-order valence-electron chi connectivity index (χ2n) is 9.46. The molecular formula is C28H52O4. The first-order valence-electron chi connectivity index (χ1n) is 13.7. The standard InChI is InChI=1S/C28H52O4/c1-2-3-4-5-6-7-8-9-10-11-12-13-14-15-16-17-18-19-20-21-23-26(28(31)32)24-22-25-27(29)30/h21,23,26H,2-20,22,24-25H2,1H3,(H,29,30)(H,31,32)/b23-21+. The Balaban J connectivity index is 3.35. The summed E-state index contributed by atoms with van der Waals surface area (Å²) < 4.78 is 0. The molecule has 0 saturated heterocycles. The SMILES string of the molecule is CCCCCCCCCCCCCCCCCCCC/C=C/C(CCCC(=O)O)C(=O)O. The minimum Gasteiger partial charge on any atom is -0.481 e. The van der Waals surface area contributed by atoms with Gasteiger partial charge in [-0.15, -0.1) is 0 Å². The highest BCUT2D eigenvalue weighted by atomic mass is 16.4. The van der Waals surface area contributed by atoms with Gasteiger partial charge in [0.05, 0.1) is 5.92 Å². The van der Waals surface area contributed by atoms with Gasteiger partial charge in [-0.2, -0.15) is 0 Å². The molecular weight excluding hydrogens is 400 g/mol. The van der Waals surface area contributed by atoms with Crippen LogP contribution in [0.4, 0.5) is 0 Å². The molecule has 0 bridgehead atoms. The number of hydrogen-bond donors (Lipinski definition) is 2. The molecule has 0 fully saturated rings. The topological polar surface area (TPSA) is 74.6 Å². The average Bonchev–Trinajstić information content (AvgIpc) is 2.76. The maximum absolute atomic E-state index is 11.2. The van der Waals surface area contributed by atoms with Crippen molar-refractivity contribution in [3.8, 4) is 0 Å². The van der Waals surface area contributed by atoms with Gasteiger partial charge in [-0.05, 0) is 25.7 Å². The summed E-state index contributed by atoms with van der Waals surface area (Å²) in [4.78, 5) is 21.7. The molecule has 1 unspecified atom stereocenters. The van der Waals surface area contributed by atoms with Gasteiger partial charge in [0.2, 0.25) is 0 Å². The zero-order valence-electron chi connectivity index (χ0n) is 21.0. The van der Waals surface area contributed by atoms with Gasteiger partial charge in [0.1, 0.15) is 0 Å². The van der Waals surface area contributed by atoms with Crippen molar-refractivity contribution in [3.63, 3.8) is 0 Å². The van der Waals surface area contributed by atoms with E-state index in [-0.39, 0.29) is 6.42 Å². The Bertz CT molecular complexity index is 458. The first-order valence-corrected chi connectivity index (χ1v) is 13.7. The minimum atomic E-state index is -0.864. The summed E-state index contributed by atoms with van der Waals surface area (Å²) in [5, 5.41) is 17.8. The first-order chi connectivity index (χ1) is 15.6. The van der Waals surface area contributed by atoms with Crippen molar-refractivity contribution in [2.45, 2.75) is 148 Å². The van der Waals surface area contributed by atoms with Crippen LogP contribution in [0.15, 0.2) is 12.2 Å². The number of carboxylic acid groups (broad SMARTS) is 2. The number of rotatable bonds is 25. The van der Waals surface area contributed by atoms with E-state index in [1.807, 2.05) is 6.08 Å². The second-order valence-corrected chi connectivity index (χ2v) is 9.46. The molecule has 0 radical (unpaired) electrons. The number of carbonyl (C=O) groups is 2. The Morgan fingerprint density at radius 2 is 1.03 bits per heavy atom. The summed E-state index contributed by atoms with van der Waals surface area (Å²) in [7, 11) is 0. The quantitative estimate of drug-likeness (QED) is 0.107. The third kappa shape index (κ3) is 23.3. The fraction of sp³-hybridized carbons (Fsp3) is 0.857. The molecule has 4 nitrogen and oxygen atoms in total. The lowest BCUT2D eigenvalue weighted by atomic mass is 10.0. The van der Waals surface area contributed by atoms with Crippen LogP contribution < -0.4 is 0 Å². The molecule has 0 heterocycles. The van der Waals surface area contributed by atoms with E-state index < -0.39 is 17.9 Å². The summed E-state index contributed by atoms with van der Waals surface area (Å²) in [6.07, 6.45) is 30.1. The number of unbranched alkanes of at least 4 members (excludes halogenated alkanes) is 18. The van der Waals surface area contributed by atoms with Crippen molar-refractivity contribution in [1.82, 2.24) is 0 Å². The number of hydrogen-bond acceptors (Lipinski definition) is 2. The lowest BCUT2D eigenvalue weighted by Gasteiger charge is -2.06.